The molecule has 86 valence electrons. The second kappa shape index (κ2) is 5.60. The van der Waals surface area contributed by atoms with Crippen molar-refractivity contribution in [3.63, 3.8) is 0 Å². The fraction of sp³-hybridized carbons (Fsp3) is 0.300. The van der Waals surface area contributed by atoms with Gasteiger partial charge in [0.05, 0.1) is 4.92 Å². The number of ether oxygens (including phenoxy) is 1. The number of benzene rings is 1. The molecule has 0 bridgehead atoms. The summed E-state index contributed by atoms with van der Waals surface area (Å²) in [5.74, 6) is -0.487. The summed E-state index contributed by atoms with van der Waals surface area (Å²) >= 11 is 3.12. The molecular weight excluding hydrogens is 278 g/mol. The second-order valence-electron chi connectivity index (χ2n) is 3.09. The molecule has 0 N–H and O–H groups in total. The Balaban J connectivity index is 2.95. The van der Waals surface area contributed by atoms with Crippen LogP contribution in [0.2, 0.25) is 0 Å². The number of carbonyl (C=O) groups excluding carboxylic acids is 1. The van der Waals surface area contributed by atoms with Gasteiger partial charge in [0.25, 0.3) is 0 Å². The summed E-state index contributed by atoms with van der Waals surface area (Å²) in [5, 5.41) is 10.7. The van der Waals surface area contributed by atoms with E-state index in [1.165, 1.54) is 12.1 Å². The summed E-state index contributed by atoms with van der Waals surface area (Å²) in [4.78, 5) is 21.3. The van der Waals surface area contributed by atoms with Crippen molar-refractivity contribution in [2.75, 3.05) is 0 Å². The highest BCUT2D eigenvalue weighted by molar-refractivity contribution is 9.10. The fourth-order valence-corrected chi connectivity index (χ4v) is 1.45. The Morgan fingerprint density at radius 1 is 1.56 bits per heavy atom. The SMILES string of the molecule is CCCC(=O)Oc1ccc(Br)cc1[N+](=O)[O-]. The number of nitrogens with zero attached hydrogens (tertiary/aromatic N) is 1. The van der Waals surface area contributed by atoms with E-state index >= 15 is 0 Å². The predicted molar refractivity (Wildman–Crippen MR) is 61.3 cm³/mol. The quantitative estimate of drug-likeness (QED) is 0.369. The zero-order chi connectivity index (χ0) is 12.1. The van der Waals surface area contributed by atoms with Crippen molar-refractivity contribution in [3.8, 4) is 5.75 Å². The monoisotopic (exact) mass is 287 g/mol. The number of nitro benzene ring substituents is 1. The van der Waals surface area contributed by atoms with E-state index in [2.05, 4.69) is 15.9 Å². The number of hydrogen-bond acceptors (Lipinski definition) is 4. The van der Waals surface area contributed by atoms with Crippen molar-refractivity contribution < 1.29 is 14.5 Å². The molecule has 0 aromatic heterocycles. The van der Waals surface area contributed by atoms with E-state index in [0.29, 0.717) is 10.9 Å². The van der Waals surface area contributed by atoms with E-state index in [1.54, 1.807) is 6.07 Å². The molecule has 0 aliphatic rings. The van der Waals surface area contributed by atoms with Crippen molar-refractivity contribution in [1.82, 2.24) is 0 Å². The second-order valence-corrected chi connectivity index (χ2v) is 4.01. The van der Waals surface area contributed by atoms with Crippen molar-refractivity contribution >= 4 is 27.6 Å². The van der Waals surface area contributed by atoms with Crippen LogP contribution in [0, 0.1) is 10.1 Å². The molecular formula is C10H10BrNO4. The van der Waals surface area contributed by atoms with Gasteiger partial charge >= 0.3 is 11.7 Å². The molecule has 0 aliphatic heterocycles. The number of halogens is 1. The first-order chi connectivity index (χ1) is 7.54. The summed E-state index contributed by atoms with van der Waals surface area (Å²) in [6.07, 6.45) is 0.885. The van der Waals surface area contributed by atoms with E-state index in [0.717, 1.165) is 0 Å². The standard InChI is InChI=1S/C10H10BrNO4/c1-2-3-10(13)16-9-5-4-7(11)6-8(9)12(14)15/h4-6H,2-3H2,1H3. The maximum absolute atomic E-state index is 11.2. The van der Waals surface area contributed by atoms with E-state index in [1.807, 2.05) is 6.92 Å². The van der Waals surface area contributed by atoms with Crippen LogP contribution in [0.4, 0.5) is 5.69 Å². The first kappa shape index (κ1) is 12.6. The Bertz CT molecular complexity index is 419. The normalized spacial score (nSPS) is 9.88. The minimum absolute atomic E-state index is 0.0216. The highest BCUT2D eigenvalue weighted by atomic mass is 79.9. The van der Waals surface area contributed by atoms with Gasteiger partial charge in [-0.25, -0.2) is 0 Å². The van der Waals surface area contributed by atoms with E-state index in [-0.39, 0.29) is 17.9 Å². The lowest BCUT2D eigenvalue weighted by Gasteiger charge is -2.04. The van der Waals surface area contributed by atoms with Crippen LogP contribution in [-0.2, 0) is 4.79 Å². The summed E-state index contributed by atoms with van der Waals surface area (Å²) in [6.45, 7) is 1.83. The third kappa shape index (κ3) is 3.30. The van der Waals surface area contributed by atoms with Gasteiger partial charge in [-0.1, -0.05) is 22.9 Å². The number of carbonyl (C=O) groups is 1. The molecule has 16 heavy (non-hydrogen) atoms. The highest BCUT2D eigenvalue weighted by Crippen LogP contribution is 2.30. The van der Waals surface area contributed by atoms with Crippen LogP contribution in [0.15, 0.2) is 22.7 Å². The minimum Gasteiger partial charge on any atom is -0.419 e. The van der Waals surface area contributed by atoms with Crippen LogP contribution in [0.25, 0.3) is 0 Å². The maximum Gasteiger partial charge on any atom is 0.312 e. The Morgan fingerprint density at radius 2 is 2.25 bits per heavy atom. The van der Waals surface area contributed by atoms with Gasteiger partial charge in [0.15, 0.2) is 0 Å². The fourth-order valence-electron chi connectivity index (χ4n) is 1.10. The maximum atomic E-state index is 11.2. The van der Waals surface area contributed by atoms with E-state index < -0.39 is 10.9 Å². The summed E-state index contributed by atoms with van der Waals surface area (Å²) < 4.78 is 5.47. The molecule has 0 atom stereocenters. The van der Waals surface area contributed by atoms with Gasteiger partial charge < -0.3 is 4.74 Å². The number of hydrogen-bond donors (Lipinski definition) is 0. The molecule has 0 heterocycles. The van der Waals surface area contributed by atoms with Gasteiger partial charge in [-0.3, -0.25) is 14.9 Å². The molecule has 1 aromatic rings. The molecule has 1 rings (SSSR count). The van der Waals surface area contributed by atoms with Crippen molar-refractivity contribution in [1.29, 1.82) is 0 Å². The van der Waals surface area contributed by atoms with Gasteiger partial charge in [-0.2, -0.15) is 0 Å². The van der Waals surface area contributed by atoms with Crippen molar-refractivity contribution in [3.05, 3.63) is 32.8 Å². The lowest BCUT2D eigenvalue weighted by atomic mass is 10.3. The van der Waals surface area contributed by atoms with E-state index in [9.17, 15) is 14.9 Å². The summed E-state index contributed by atoms with van der Waals surface area (Å²) in [7, 11) is 0. The molecule has 1 aromatic carbocycles. The van der Waals surface area contributed by atoms with Gasteiger partial charge in [0.1, 0.15) is 0 Å². The van der Waals surface area contributed by atoms with Gasteiger partial charge in [0, 0.05) is 17.0 Å². The first-order valence-corrected chi connectivity index (χ1v) is 5.48. The van der Waals surface area contributed by atoms with Crippen LogP contribution in [0.3, 0.4) is 0 Å². The van der Waals surface area contributed by atoms with Gasteiger partial charge in [-0.05, 0) is 18.6 Å². The third-order valence-electron chi connectivity index (χ3n) is 1.80. The van der Waals surface area contributed by atoms with Crippen LogP contribution in [-0.4, -0.2) is 10.9 Å². The summed E-state index contributed by atoms with van der Waals surface area (Å²) in [6, 6.07) is 4.28. The number of nitro groups is 1. The van der Waals surface area contributed by atoms with Crippen LogP contribution < -0.4 is 4.74 Å². The predicted octanol–water partition coefficient (Wildman–Crippen LogP) is 3.06. The van der Waals surface area contributed by atoms with Gasteiger partial charge in [0.2, 0.25) is 5.75 Å². The minimum atomic E-state index is -0.584. The third-order valence-corrected chi connectivity index (χ3v) is 2.29. The molecule has 0 aliphatic carbocycles. The molecule has 0 fully saturated rings. The zero-order valence-electron chi connectivity index (χ0n) is 8.60. The zero-order valence-corrected chi connectivity index (χ0v) is 10.2. The highest BCUT2D eigenvalue weighted by Gasteiger charge is 2.17. The van der Waals surface area contributed by atoms with Crippen LogP contribution in [0.5, 0.6) is 5.75 Å². The number of rotatable bonds is 4. The topological polar surface area (TPSA) is 69.4 Å². The Hall–Kier alpha value is -1.43. The Morgan fingerprint density at radius 3 is 2.81 bits per heavy atom. The molecule has 0 radical (unpaired) electrons. The van der Waals surface area contributed by atoms with Crippen LogP contribution >= 0.6 is 15.9 Å². The van der Waals surface area contributed by atoms with E-state index in [4.69, 9.17) is 4.74 Å². The van der Waals surface area contributed by atoms with Crippen LogP contribution in [0.1, 0.15) is 19.8 Å². The molecule has 6 heteroatoms. The first-order valence-electron chi connectivity index (χ1n) is 4.69. The lowest BCUT2D eigenvalue weighted by Crippen LogP contribution is -2.08. The van der Waals surface area contributed by atoms with Gasteiger partial charge in [-0.15, -0.1) is 0 Å². The average Bonchev–Trinajstić information content (AvgIpc) is 2.20. The molecule has 0 amide bonds. The molecule has 0 saturated carbocycles. The van der Waals surface area contributed by atoms with Crippen molar-refractivity contribution in [2.24, 2.45) is 0 Å². The Labute approximate surface area is 101 Å². The lowest BCUT2D eigenvalue weighted by molar-refractivity contribution is -0.385. The largest absolute Gasteiger partial charge is 0.419 e. The molecule has 0 spiro atoms. The average molecular weight is 288 g/mol. The summed E-state index contributed by atoms with van der Waals surface area (Å²) in [5.41, 5.74) is -0.223. The molecule has 0 unspecified atom stereocenters. The molecule has 5 nitrogen and oxygen atoms in total. The smallest absolute Gasteiger partial charge is 0.312 e. The number of esters is 1. The molecule has 0 saturated heterocycles. The Kier molecular flexibility index (Phi) is 4.42. The van der Waals surface area contributed by atoms with Crippen molar-refractivity contribution in [2.45, 2.75) is 19.8 Å².